The summed E-state index contributed by atoms with van der Waals surface area (Å²) in [6.45, 7) is 1.90. The van der Waals surface area contributed by atoms with Crippen molar-refractivity contribution in [2.45, 2.75) is 38.2 Å². The van der Waals surface area contributed by atoms with Gasteiger partial charge in [0.25, 0.3) is 0 Å². The Morgan fingerprint density at radius 1 is 1.64 bits per heavy atom. The Morgan fingerprint density at radius 2 is 2.27 bits per heavy atom. The first-order chi connectivity index (χ1) is 5.22. The molecule has 64 valence electrons. The van der Waals surface area contributed by atoms with Crippen molar-refractivity contribution in [1.29, 1.82) is 0 Å². The summed E-state index contributed by atoms with van der Waals surface area (Å²) in [5, 5.41) is 8.80. The van der Waals surface area contributed by atoms with E-state index in [4.69, 9.17) is 9.84 Å². The molecule has 0 aromatic rings. The maximum absolute atomic E-state index is 10.9. The van der Waals surface area contributed by atoms with Gasteiger partial charge in [-0.15, -0.1) is 0 Å². The summed E-state index contributed by atoms with van der Waals surface area (Å²) in [5.74, 6) is -0.181. The van der Waals surface area contributed by atoms with Gasteiger partial charge in [-0.2, -0.15) is 0 Å². The molecule has 1 aliphatic rings. The number of carbonyl (C=O) groups is 1. The van der Waals surface area contributed by atoms with Crippen LogP contribution in [0.1, 0.15) is 32.6 Å². The van der Waals surface area contributed by atoms with Crippen molar-refractivity contribution >= 4 is 5.97 Å². The predicted molar refractivity (Wildman–Crippen MR) is 40.1 cm³/mol. The first-order valence-electron chi connectivity index (χ1n) is 4.05. The summed E-state index contributed by atoms with van der Waals surface area (Å²) >= 11 is 0. The lowest BCUT2D eigenvalue weighted by Gasteiger charge is -2.12. The lowest BCUT2D eigenvalue weighted by Crippen LogP contribution is -2.23. The number of aliphatic hydroxyl groups excluding tert-OH is 1. The Labute approximate surface area is 66.4 Å². The average molecular weight is 158 g/mol. The summed E-state index contributed by atoms with van der Waals surface area (Å²) in [6, 6.07) is 0. The summed E-state index contributed by atoms with van der Waals surface area (Å²) in [7, 11) is 0. The van der Waals surface area contributed by atoms with Crippen LogP contribution in [0.4, 0.5) is 0 Å². The van der Waals surface area contributed by atoms with Crippen LogP contribution in [0.25, 0.3) is 0 Å². The zero-order chi connectivity index (χ0) is 8.32. The van der Waals surface area contributed by atoms with Crippen LogP contribution in [0.2, 0.25) is 0 Å². The van der Waals surface area contributed by atoms with Gasteiger partial charge < -0.3 is 9.84 Å². The molecule has 1 fully saturated rings. The minimum Gasteiger partial charge on any atom is -0.457 e. The third-order valence-corrected chi connectivity index (χ3v) is 1.88. The van der Waals surface area contributed by atoms with Gasteiger partial charge >= 0.3 is 5.97 Å². The first-order valence-corrected chi connectivity index (χ1v) is 4.05. The fourth-order valence-corrected chi connectivity index (χ4v) is 0.929. The fourth-order valence-electron chi connectivity index (χ4n) is 0.929. The highest BCUT2D eigenvalue weighted by Crippen LogP contribution is 2.39. The van der Waals surface area contributed by atoms with Gasteiger partial charge in [0.2, 0.25) is 0 Å². The van der Waals surface area contributed by atoms with Crippen LogP contribution in [0.5, 0.6) is 0 Å². The van der Waals surface area contributed by atoms with E-state index in [2.05, 4.69) is 0 Å². The van der Waals surface area contributed by atoms with E-state index in [1.807, 2.05) is 6.92 Å². The molecule has 0 spiro atoms. The molecule has 1 saturated carbocycles. The highest BCUT2D eigenvalue weighted by Gasteiger charge is 2.46. The quantitative estimate of drug-likeness (QED) is 0.617. The van der Waals surface area contributed by atoms with Gasteiger partial charge in [-0.1, -0.05) is 6.92 Å². The third kappa shape index (κ3) is 2.19. The first kappa shape index (κ1) is 8.53. The number of carbonyl (C=O) groups excluding carboxylic acids is 1. The molecule has 1 rings (SSSR count). The maximum atomic E-state index is 10.9. The number of esters is 1. The lowest BCUT2D eigenvalue weighted by atomic mass is 10.3. The Hall–Kier alpha value is -0.570. The van der Waals surface area contributed by atoms with Gasteiger partial charge in [0.15, 0.2) is 0 Å². The van der Waals surface area contributed by atoms with Crippen molar-refractivity contribution < 1.29 is 14.6 Å². The number of aliphatic hydroxyl groups is 1. The average Bonchev–Trinajstić information content (AvgIpc) is 2.70. The van der Waals surface area contributed by atoms with E-state index in [1.165, 1.54) is 0 Å². The van der Waals surface area contributed by atoms with Gasteiger partial charge in [-0.3, -0.25) is 4.79 Å². The molecule has 1 N–H and O–H groups in total. The largest absolute Gasteiger partial charge is 0.457 e. The monoisotopic (exact) mass is 158 g/mol. The summed E-state index contributed by atoms with van der Waals surface area (Å²) in [4.78, 5) is 10.9. The molecule has 0 unspecified atom stereocenters. The summed E-state index contributed by atoms with van der Waals surface area (Å²) < 4.78 is 5.05. The van der Waals surface area contributed by atoms with Crippen molar-refractivity contribution in [1.82, 2.24) is 0 Å². The van der Waals surface area contributed by atoms with E-state index in [0.717, 1.165) is 19.3 Å². The SMILES string of the molecule is CCCC(=O)OC1(CO)CC1. The molecule has 0 atom stereocenters. The van der Waals surface area contributed by atoms with Crippen molar-refractivity contribution in [3.8, 4) is 0 Å². The van der Waals surface area contributed by atoms with Crippen LogP contribution >= 0.6 is 0 Å². The second kappa shape index (κ2) is 3.22. The molecule has 0 aliphatic heterocycles. The number of hydrogen-bond donors (Lipinski definition) is 1. The van der Waals surface area contributed by atoms with Gasteiger partial charge in [-0.25, -0.2) is 0 Å². The van der Waals surface area contributed by atoms with E-state index < -0.39 is 5.60 Å². The van der Waals surface area contributed by atoms with E-state index in [1.54, 1.807) is 0 Å². The van der Waals surface area contributed by atoms with E-state index in [-0.39, 0.29) is 12.6 Å². The van der Waals surface area contributed by atoms with Gasteiger partial charge in [-0.05, 0) is 19.3 Å². The molecule has 3 nitrogen and oxygen atoms in total. The number of hydrogen-bond acceptors (Lipinski definition) is 3. The smallest absolute Gasteiger partial charge is 0.306 e. The fraction of sp³-hybridized carbons (Fsp3) is 0.875. The van der Waals surface area contributed by atoms with Crippen LogP contribution in [-0.4, -0.2) is 23.3 Å². The van der Waals surface area contributed by atoms with Crippen LogP contribution in [0, 0.1) is 0 Å². The summed E-state index contributed by atoms with van der Waals surface area (Å²) in [5.41, 5.74) is -0.480. The topological polar surface area (TPSA) is 46.5 Å². The van der Waals surface area contributed by atoms with E-state index in [9.17, 15) is 4.79 Å². The number of ether oxygens (including phenoxy) is 1. The van der Waals surface area contributed by atoms with Gasteiger partial charge in [0, 0.05) is 6.42 Å². The van der Waals surface area contributed by atoms with Crippen molar-refractivity contribution in [3.05, 3.63) is 0 Å². The molecular weight excluding hydrogens is 144 g/mol. The Balaban J connectivity index is 2.24. The molecule has 0 aromatic carbocycles. The van der Waals surface area contributed by atoms with Crippen molar-refractivity contribution in [3.63, 3.8) is 0 Å². The van der Waals surface area contributed by atoms with Crippen LogP contribution in [0.3, 0.4) is 0 Å². The standard InChI is InChI=1S/C8H14O3/c1-2-3-7(10)11-8(6-9)4-5-8/h9H,2-6H2,1H3. The Kier molecular flexibility index (Phi) is 2.49. The molecule has 0 saturated heterocycles. The van der Waals surface area contributed by atoms with Crippen LogP contribution in [-0.2, 0) is 9.53 Å². The summed E-state index contributed by atoms with van der Waals surface area (Å²) in [6.07, 6.45) is 2.90. The van der Waals surface area contributed by atoms with Crippen LogP contribution in [0.15, 0.2) is 0 Å². The second-order valence-electron chi connectivity index (χ2n) is 3.07. The van der Waals surface area contributed by atoms with Gasteiger partial charge in [0.1, 0.15) is 5.60 Å². The second-order valence-corrected chi connectivity index (χ2v) is 3.07. The molecular formula is C8H14O3. The predicted octanol–water partition coefficient (Wildman–Crippen LogP) is 0.855. The molecule has 11 heavy (non-hydrogen) atoms. The highest BCUT2D eigenvalue weighted by molar-refractivity contribution is 5.70. The minimum atomic E-state index is -0.480. The van der Waals surface area contributed by atoms with Gasteiger partial charge in [0.05, 0.1) is 6.61 Å². The zero-order valence-corrected chi connectivity index (χ0v) is 6.80. The lowest BCUT2D eigenvalue weighted by molar-refractivity contribution is -0.153. The minimum absolute atomic E-state index is 0.0253. The highest BCUT2D eigenvalue weighted by atomic mass is 16.6. The maximum Gasteiger partial charge on any atom is 0.306 e. The Morgan fingerprint density at radius 3 is 2.64 bits per heavy atom. The van der Waals surface area contributed by atoms with Crippen LogP contribution < -0.4 is 0 Å². The third-order valence-electron chi connectivity index (χ3n) is 1.88. The molecule has 0 amide bonds. The van der Waals surface area contributed by atoms with E-state index >= 15 is 0 Å². The molecule has 0 heterocycles. The molecule has 3 heteroatoms. The van der Waals surface area contributed by atoms with Crippen molar-refractivity contribution in [2.24, 2.45) is 0 Å². The Bertz CT molecular complexity index is 149. The zero-order valence-electron chi connectivity index (χ0n) is 6.80. The van der Waals surface area contributed by atoms with Crippen molar-refractivity contribution in [2.75, 3.05) is 6.61 Å². The normalized spacial score (nSPS) is 19.5. The molecule has 1 aliphatic carbocycles. The molecule has 0 aromatic heterocycles. The van der Waals surface area contributed by atoms with E-state index in [0.29, 0.717) is 6.42 Å². The molecule has 0 radical (unpaired) electrons. The molecule has 0 bridgehead atoms. The number of rotatable bonds is 4.